The summed E-state index contributed by atoms with van der Waals surface area (Å²) in [5, 5.41) is 5.91. The van der Waals surface area contributed by atoms with Crippen molar-refractivity contribution in [3.05, 3.63) is 41.4 Å². The van der Waals surface area contributed by atoms with Crippen LogP contribution in [-0.4, -0.2) is 53.8 Å². The summed E-state index contributed by atoms with van der Waals surface area (Å²) in [5.74, 6) is -0.142. The first-order chi connectivity index (χ1) is 12.1. The van der Waals surface area contributed by atoms with E-state index in [1.807, 2.05) is 24.6 Å². The molecular weight excluding hydrogens is 336 g/mol. The lowest BCUT2D eigenvalue weighted by Crippen LogP contribution is -2.52. The minimum Gasteiger partial charge on any atom is -0.346 e. The monoisotopic (exact) mass is 358 g/mol. The molecule has 0 saturated carbocycles. The van der Waals surface area contributed by atoms with E-state index in [1.54, 1.807) is 29.5 Å². The van der Waals surface area contributed by atoms with E-state index in [4.69, 9.17) is 0 Å². The van der Waals surface area contributed by atoms with Crippen LogP contribution in [0.5, 0.6) is 0 Å². The zero-order valence-electron chi connectivity index (χ0n) is 14.4. The van der Waals surface area contributed by atoms with Gasteiger partial charge >= 0.3 is 0 Å². The average molecular weight is 358 g/mol. The standard InChI is InChI=1S/C18H22N4O2S/c1-13(17(24)20-16-6-4-3-5-15(16)14(2)23)21-8-10-22(11-9-21)18-19-7-12-25-18/h3-7,12-13H,8-11H2,1-2H3,(H,20,24). The largest absolute Gasteiger partial charge is 0.346 e. The van der Waals surface area contributed by atoms with Crippen LogP contribution in [0.4, 0.5) is 10.8 Å². The molecule has 1 atom stereocenters. The predicted molar refractivity (Wildman–Crippen MR) is 100 cm³/mol. The smallest absolute Gasteiger partial charge is 0.241 e. The molecule has 1 aliphatic heterocycles. The second-order valence-corrected chi connectivity index (χ2v) is 6.98. The summed E-state index contributed by atoms with van der Waals surface area (Å²) >= 11 is 1.64. The highest BCUT2D eigenvalue weighted by Crippen LogP contribution is 2.20. The van der Waals surface area contributed by atoms with Crippen molar-refractivity contribution in [3.63, 3.8) is 0 Å². The summed E-state index contributed by atoms with van der Waals surface area (Å²) in [7, 11) is 0. The molecule has 25 heavy (non-hydrogen) atoms. The van der Waals surface area contributed by atoms with Crippen molar-refractivity contribution in [3.8, 4) is 0 Å². The molecule has 1 aromatic heterocycles. The highest BCUT2D eigenvalue weighted by Gasteiger charge is 2.26. The van der Waals surface area contributed by atoms with Gasteiger partial charge in [0.05, 0.1) is 11.7 Å². The molecule has 1 aliphatic rings. The number of piperazine rings is 1. The fourth-order valence-electron chi connectivity index (χ4n) is 2.97. The number of carbonyl (C=O) groups excluding carboxylic acids is 2. The summed E-state index contributed by atoms with van der Waals surface area (Å²) in [5.41, 5.74) is 1.12. The number of ketones is 1. The number of thiazole rings is 1. The molecule has 132 valence electrons. The minimum atomic E-state index is -0.251. The Kier molecular flexibility index (Phi) is 5.45. The van der Waals surface area contributed by atoms with E-state index in [1.165, 1.54) is 6.92 Å². The molecule has 1 saturated heterocycles. The number of amides is 1. The van der Waals surface area contributed by atoms with Crippen LogP contribution in [-0.2, 0) is 4.79 Å². The summed E-state index contributed by atoms with van der Waals surface area (Å²) in [6.07, 6.45) is 1.81. The molecule has 1 aromatic carbocycles. The van der Waals surface area contributed by atoms with Gasteiger partial charge in [0, 0.05) is 43.3 Å². The molecule has 0 radical (unpaired) electrons. The molecule has 1 fully saturated rings. The fourth-order valence-corrected chi connectivity index (χ4v) is 3.67. The normalized spacial score (nSPS) is 16.5. The van der Waals surface area contributed by atoms with Gasteiger partial charge in [-0.05, 0) is 26.0 Å². The number of aromatic nitrogens is 1. The number of nitrogens with one attached hydrogen (secondary N) is 1. The number of nitrogens with zero attached hydrogens (tertiary/aromatic N) is 3. The van der Waals surface area contributed by atoms with Crippen molar-refractivity contribution in [2.45, 2.75) is 19.9 Å². The molecule has 1 N–H and O–H groups in total. The van der Waals surface area contributed by atoms with Gasteiger partial charge in [-0.2, -0.15) is 0 Å². The maximum Gasteiger partial charge on any atom is 0.241 e. The van der Waals surface area contributed by atoms with E-state index in [0.717, 1.165) is 31.3 Å². The first kappa shape index (κ1) is 17.6. The third kappa shape index (κ3) is 4.05. The van der Waals surface area contributed by atoms with E-state index < -0.39 is 0 Å². The van der Waals surface area contributed by atoms with Gasteiger partial charge in [-0.15, -0.1) is 11.3 Å². The lowest BCUT2D eigenvalue weighted by atomic mass is 10.1. The van der Waals surface area contributed by atoms with Crippen molar-refractivity contribution in [2.24, 2.45) is 0 Å². The SMILES string of the molecule is CC(=O)c1ccccc1NC(=O)C(C)N1CCN(c2nccs2)CC1. The molecule has 3 rings (SSSR count). The lowest BCUT2D eigenvalue weighted by molar-refractivity contribution is -0.120. The van der Waals surface area contributed by atoms with Crippen LogP contribution in [0.3, 0.4) is 0 Å². The Morgan fingerprint density at radius 3 is 2.56 bits per heavy atom. The molecule has 0 spiro atoms. The highest BCUT2D eigenvalue weighted by atomic mass is 32.1. The molecule has 6 nitrogen and oxygen atoms in total. The number of hydrogen-bond acceptors (Lipinski definition) is 6. The molecule has 1 amide bonds. The third-order valence-electron chi connectivity index (χ3n) is 4.50. The number of hydrogen-bond donors (Lipinski definition) is 1. The van der Waals surface area contributed by atoms with Gasteiger partial charge in [0.25, 0.3) is 0 Å². The summed E-state index contributed by atoms with van der Waals surface area (Å²) < 4.78 is 0. The number of benzene rings is 1. The first-order valence-corrected chi connectivity index (χ1v) is 9.23. The number of anilines is 2. The van der Waals surface area contributed by atoms with Gasteiger partial charge in [0.2, 0.25) is 5.91 Å². The molecular formula is C18H22N4O2S. The van der Waals surface area contributed by atoms with Gasteiger partial charge in [-0.25, -0.2) is 4.98 Å². The number of carbonyl (C=O) groups is 2. The van der Waals surface area contributed by atoms with Gasteiger partial charge in [-0.1, -0.05) is 12.1 Å². The van der Waals surface area contributed by atoms with Crippen LogP contribution in [0.25, 0.3) is 0 Å². The van der Waals surface area contributed by atoms with Crippen LogP contribution in [0.1, 0.15) is 24.2 Å². The van der Waals surface area contributed by atoms with E-state index in [9.17, 15) is 9.59 Å². The average Bonchev–Trinajstić information content (AvgIpc) is 3.16. The second-order valence-electron chi connectivity index (χ2n) is 6.10. The molecule has 0 bridgehead atoms. The second kappa shape index (κ2) is 7.76. The fraction of sp³-hybridized carbons (Fsp3) is 0.389. The number of Topliss-reactive ketones (excluding diaryl/α,β-unsaturated/α-hetero) is 1. The summed E-state index contributed by atoms with van der Waals surface area (Å²) in [4.78, 5) is 33.1. The molecule has 2 aromatic rings. The third-order valence-corrected chi connectivity index (χ3v) is 5.33. The van der Waals surface area contributed by atoms with Gasteiger partial charge in [-0.3, -0.25) is 14.5 Å². The van der Waals surface area contributed by atoms with E-state index in [0.29, 0.717) is 11.3 Å². The van der Waals surface area contributed by atoms with Crippen LogP contribution in [0.15, 0.2) is 35.8 Å². The first-order valence-electron chi connectivity index (χ1n) is 8.35. The van der Waals surface area contributed by atoms with E-state index >= 15 is 0 Å². The minimum absolute atomic E-state index is 0.0550. The lowest BCUT2D eigenvalue weighted by Gasteiger charge is -2.37. The number of para-hydroxylation sites is 1. The van der Waals surface area contributed by atoms with Crippen molar-refractivity contribution in [1.82, 2.24) is 9.88 Å². The number of rotatable bonds is 5. The van der Waals surface area contributed by atoms with Crippen LogP contribution >= 0.6 is 11.3 Å². The zero-order chi connectivity index (χ0) is 17.8. The Hall–Kier alpha value is -2.25. The Morgan fingerprint density at radius 1 is 1.20 bits per heavy atom. The van der Waals surface area contributed by atoms with E-state index in [2.05, 4.69) is 20.1 Å². The zero-order valence-corrected chi connectivity index (χ0v) is 15.3. The van der Waals surface area contributed by atoms with Gasteiger partial charge < -0.3 is 10.2 Å². The molecule has 0 aliphatic carbocycles. The van der Waals surface area contributed by atoms with Crippen LogP contribution < -0.4 is 10.2 Å². The quantitative estimate of drug-likeness (QED) is 0.832. The van der Waals surface area contributed by atoms with Crippen molar-refractivity contribution >= 4 is 33.8 Å². The summed E-state index contributed by atoms with van der Waals surface area (Å²) in [6.45, 7) is 6.74. The maximum atomic E-state index is 12.6. The van der Waals surface area contributed by atoms with Gasteiger partial charge in [0.1, 0.15) is 0 Å². The molecule has 2 heterocycles. The van der Waals surface area contributed by atoms with Crippen molar-refractivity contribution in [2.75, 3.05) is 36.4 Å². The Bertz CT molecular complexity index is 739. The van der Waals surface area contributed by atoms with E-state index in [-0.39, 0.29) is 17.7 Å². The Balaban J connectivity index is 1.59. The van der Waals surface area contributed by atoms with Crippen LogP contribution in [0.2, 0.25) is 0 Å². The van der Waals surface area contributed by atoms with Crippen LogP contribution in [0, 0.1) is 0 Å². The predicted octanol–water partition coefficient (Wildman–Crippen LogP) is 2.49. The Labute approximate surface area is 151 Å². The Morgan fingerprint density at radius 2 is 1.92 bits per heavy atom. The van der Waals surface area contributed by atoms with Gasteiger partial charge in [0.15, 0.2) is 10.9 Å². The van der Waals surface area contributed by atoms with Crippen molar-refractivity contribution in [1.29, 1.82) is 0 Å². The maximum absolute atomic E-state index is 12.6. The molecule has 7 heteroatoms. The molecule has 1 unspecified atom stereocenters. The highest BCUT2D eigenvalue weighted by molar-refractivity contribution is 7.13. The topological polar surface area (TPSA) is 65.5 Å². The summed E-state index contributed by atoms with van der Waals surface area (Å²) in [6, 6.07) is 6.86. The van der Waals surface area contributed by atoms with Crippen molar-refractivity contribution < 1.29 is 9.59 Å².